The maximum atomic E-state index is 6.10. The van der Waals surface area contributed by atoms with Crippen LogP contribution in [0.2, 0.25) is 5.15 Å². The first-order chi connectivity index (χ1) is 10.1. The van der Waals surface area contributed by atoms with Gasteiger partial charge in [-0.15, -0.1) is 0 Å². The summed E-state index contributed by atoms with van der Waals surface area (Å²) in [5, 5.41) is 7.58. The van der Waals surface area contributed by atoms with Gasteiger partial charge in [0.25, 0.3) is 0 Å². The first kappa shape index (κ1) is 14.0. The van der Waals surface area contributed by atoms with Crippen molar-refractivity contribution in [3.05, 3.63) is 46.4 Å². The number of halogens is 2. The Bertz CT molecular complexity index is 788. The topological polar surface area (TPSA) is 68.5 Å². The van der Waals surface area contributed by atoms with Gasteiger partial charge in [-0.25, -0.2) is 15.0 Å². The van der Waals surface area contributed by atoms with E-state index < -0.39 is 0 Å². The highest BCUT2D eigenvalue weighted by Crippen LogP contribution is 2.24. The summed E-state index contributed by atoms with van der Waals surface area (Å²) in [6.45, 7) is 0. The number of pyridine rings is 1. The molecule has 0 unspecified atom stereocenters. The zero-order valence-electron chi connectivity index (χ0n) is 11.0. The molecule has 0 amide bonds. The highest BCUT2D eigenvalue weighted by molar-refractivity contribution is 9.10. The van der Waals surface area contributed by atoms with E-state index in [0.717, 1.165) is 10.3 Å². The van der Waals surface area contributed by atoms with Gasteiger partial charge in [0, 0.05) is 13.2 Å². The smallest absolute Gasteiger partial charge is 0.227 e. The molecule has 0 saturated heterocycles. The molecular formula is C13H10BrClN6. The number of aromatic nitrogens is 5. The minimum absolute atomic E-state index is 0.434. The minimum Gasteiger partial charge on any atom is -0.320 e. The zero-order valence-corrected chi connectivity index (χ0v) is 13.3. The van der Waals surface area contributed by atoms with Crippen LogP contribution in [0.5, 0.6) is 0 Å². The highest BCUT2D eigenvalue weighted by Gasteiger charge is 2.09. The molecule has 0 atom stereocenters. The Morgan fingerprint density at radius 2 is 2.00 bits per heavy atom. The van der Waals surface area contributed by atoms with Crippen LogP contribution >= 0.6 is 27.5 Å². The average Bonchev–Trinajstić information content (AvgIpc) is 2.80. The molecule has 21 heavy (non-hydrogen) atoms. The van der Waals surface area contributed by atoms with Gasteiger partial charge >= 0.3 is 0 Å². The van der Waals surface area contributed by atoms with Crippen LogP contribution in [0, 0.1) is 0 Å². The molecule has 0 aliphatic heterocycles. The summed E-state index contributed by atoms with van der Waals surface area (Å²) in [5.74, 6) is 0.434. The summed E-state index contributed by atoms with van der Waals surface area (Å²) >= 11 is 9.45. The molecule has 1 N–H and O–H groups in total. The van der Waals surface area contributed by atoms with Gasteiger partial charge < -0.3 is 5.32 Å². The lowest BCUT2D eigenvalue weighted by atomic mass is 10.2. The summed E-state index contributed by atoms with van der Waals surface area (Å²) in [6, 6.07) is 7.44. The molecule has 3 aromatic heterocycles. The van der Waals surface area contributed by atoms with Crippen LogP contribution in [0.4, 0.5) is 11.6 Å². The van der Waals surface area contributed by atoms with Crippen molar-refractivity contribution in [3.8, 4) is 11.4 Å². The molecule has 3 rings (SSSR count). The summed E-state index contributed by atoms with van der Waals surface area (Å²) in [4.78, 5) is 13.0. The van der Waals surface area contributed by atoms with E-state index in [0.29, 0.717) is 22.5 Å². The minimum atomic E-state index is 0.434. The Balaban J connectivity index is 1.92. The highest BCUT2D eigenvalue weighted by atomic mass is 79.9. The molecule has 0 saturated carbocycles. The fourth-order valence-electron chi connectivity index (χ4n) is 1.74. The predicted octanol–water partition coefficient (Wildman–Crippen LogP) is 3.43. The number of nitrogens with zero attached hydrogens (tertiary/aromatic N) is 5. The Kier molecular flexibility index (Phi) is 3.85. The van der Waals surface area contributed by atoms with E-state index in [1.54, 1.807) is 30.2 Å². The normalized spacial score (nSPS) is 10.6. The number of nitrogens with one attached hydrogen (secondary N) is 1. The molecule has 0 spiro atoms. The quantitative estimate of drug-likeness (QED) is 0.720. The number of hydrogen-bond acceptors (Lipinski definition) is 5. The van der Waals surface area contributed by atoms with Gasteiger partial charge in [-0.2, -0.15) is 5.10 Å². The lowest BCUT2D eigenvalue weighted by molar-refractivity contribution is 0.769. The van der Waals surface area contributed by atoms with Gasteiger partial charge in [0.05, 0.1) is 23.3 Å². The average molecular weight is 366 g/mol. The van der Waals surface area contributed by atoms with E-state index in [1.165, 1.54) is 0 Å². The second-order valence-corrected chi connectivity index (χ2v) is 5.38. The van der Waals surface area contributed by atoms with Gasteiger partial charge in [0.2, 0.25) is 5.95 Å². The third-order valence-electron chi connectivity index (χ3n) is 2.75. The summed E-state index contributed by atoms with van der Waals surface area (Å²) in [7, 11) is 1.76. The summed E-state index contributed by atoms with van der Waals surface area (Å²) < 4.78 is 2.31. The van der Waals surface area contributed by atoms with Gasteiger partial charge in [-0.1, -0.05) is 17.7 Å². The summed E-state index contributed by atoms with van der Waals surface area (Å²) in [5.41, 5.74) is 2.12. The van der Waals surface area contributed by atoms with Gasteiger partial charge in [-0.3, -0.25) is 4.68 Å². The molecule has 0 aromatic carbocycles. The monoisotopic (exact) mass is 364 g/mol. The second-order valence-electron chi connectivity index (χ2n) is 4.21. The maximum Gasteiger partial charge on any atom is 0.227 e. The maximum absolute atomic E-state index is 6.10. The van der Waals surface area contributed by atoms with E-state index in [2.05, 4.69) is 41.3 Å². The lowest BCUT2D eigenvalue weighted by Crippen LogP contribution is -1.98. The van der Waals surface area contributed by atoms with Crippen molar-refractivity contribution in [2.45, 2.75) is 0 Å². The first-order valence-corrected chi connectivity index (χ1v) is 7.21. The Labute approximate surface area is 134 Å². The van der Waals surface area contributed by atoms with Crippen LogP contribution < -0.4 is 5.32 Å². The number of rotatable bonds is 3. The van der Waals surface area contributed by atoms with E-state index in [9.17, 15) is 0 Å². The lowest BCUT2D eigenvalue weighted by Gasteiger charge is -2.05. The molecule has 0 radical (unpaired) electrons. The van der Waals surface area contributed by atoms with E-state index in [-0.39, 0.29) is 0 Å². The molecule has 106 valence electrons. The van der Waals surface area contributed by atoms with Crippen LogP contribution in [0.1, 0.15) is 0 Å². The van der Waals surface area contributed by atoms with Crippen molar-refractivity contribution in [1.82, 2.24) is 24.7 Å². The van der Waals surface area contributed by atoms with E-state index in [4.69, 9.17) is 11.6 Å². The van der Waals surface area contributed by atoms with Crippen molar-refractivity contribution in [1.29, 1.82) is 0 Å². The third kappa shape index (κ3) is 3.03. The fraction of sp³-hybridized carbons (Fsp3) is 0.0769. The largest absolute Gasteiger partial charge is 0.320 e. The molecule has 0 aliphatic rings. The standard InChI is InChI=1S/C13H10BrClN6/c1-21-12(15)10(7-17-21)20-13-16-6-5-9(19-13)8-3-2-4-11(14)18-8/h2-7H,1H3,(H,16,19,20). The molecule has 8 heteroatoms. The Hall–Kier alpha value is -1.99. The van der Waals surface area contributed by atoms with Crippen LogP contribution in [-0.2, 0) is 7.05 Å². The number of anilines is 2. The molecular weight excluding hydrogens is 356 g/mol. The fourth-order valence-corrected chi connectivity index (χ4v) is 2.22. The van der Waals surface area contributed by atoms with Crippen LogP contribution in [0.3, 0.4) is 0 Å². The number of hydrogen-bond donors (Lipinski definition) is 1. The van der Waals surface area contributed by atoms with Crippen molar-refractivity contribution in [3.63, 3.8) is 0 Å². The Morgan fingerprint density at radius 3 is 2.71 bits per heavy atom. The van der Waals surface area contributed by atoms with E-state index in [1.807, 2.05) is 18.2 Å². The molecule has 0 fully saturated rings. The summed E-state index contributed by atoms with van der Waals surface area (Å²) in [6.07, 6.45) is 3.28. The first-order valence-electron chi connectivity index (χ1n) is 6.04. The molecule has 6 nitrogen and oxygen atoms in total. The van der Waals surface area contributed by atoms with Crippen LogP contribution in [-0.4, -0.2) is 24.7 Å². The Morgan fingerprint density at radius 1 is 1.19 bits per heavy atom. The van der Waals surface area contributed by atoms with Crippen molar-refractivity contribution in [2.24, 2.45) is 7.05 Å². The predicted molar refractivity (Wildman–Crippen MR) is 84.5 cm³/mol. The van der Waals surface area contributed by atoms with Crippen molar-refractivity contribution in [2.75, 3.05) is 5.32 Å². The number of aryl methyl sites for hydroxylation is 1. The van der Waals surface area contributed by atoms with E-state index >= 15 is 0 Å². The van der Waals surface area contributed by atoms with Crippen LogP contribution in [0.15, 0.2) is 41.3 Å². The van der Waals surface area contributed by atoms with Crippen molar-refractivity contribution < 1.29 is 0 Å². The molecule has 3 aromatic rings. The second kappa shape index (κ2) is 5.79. The van der Waals surface area contributed by atoms with Crippen molar-refractivity contribution >= 4 is 39.2 Å². The van der Waals surface area contributed by atoms with Gasteiger partial charge in [0.1, 0.15) is 9.76 Å². The van der Waals surface area contributed by atoms with Crippen LogP contribution in [0.25, 0.3) is 11.4 Å². The zero-order chi connectivity index (χ0) is 14.8. The molecule has 0 bridgehead atoms. The SMILES string of the molecule is Cn1ncc(Nc2nccc(-c3cccc(Br)n3)n2)c1Cl. The molecule has 3 heterocycles. The van der Waals surface area contributed by atoms with Gasteiger partial charge in [-0.05, 0) is 34.1 Å². The third-order valence-corrected chi connectivity index (χ3v) is 3.64. The molecule has 0 aliphatic carbocycles. The van der Waals surface area contributed by atoms with Gasteiger partial charge in [0.15, 0.2) is 0 Å².